The van der Waals surface area contributed by atoms with E-state index in [1.54, 1.807) is 17.4 Å². The van der Waals surface area contributed by atoms with Gasteiger partial charge >= 0.3 is 0 Å². The molecule has 2 aromatic rings. The molecule has 0 aliphatic carbocycles. The zero-order chi connectivity index (χ0) is 14.6. The van der Waals surface area contributed by atoms with E-state index in [1.165, 1.54) is 11.3 Å². The van der Waals surface area contributed by atoms with Crippen molar-refractivity contribution in [3.8, 4) is 0 Å². The molecule has 1 atom stereocenters. The van der Waals surface area contributed by atoms with Crippen LogP contribution < -0.4 is 10.0 Å². The van der Waals surface area contributed by atoms with Gasteiger partial charge in [-0.1, -0.05) is 13.0 Å². The first-order chi connectivity index (χ1) is 9.53. The lowest BCUT2D eigenvalue weighted by atomic mass is 10.3. The van der Waals surface area contributed by atoms with Gasteiger partial charge in [-0.05, 0) is 41.9 Å². The van der Waals surface area contributed by atoms with Crippen molar-refractivity contribution in [2.75, 3.05) is 6.54 Å². The maximum absolute atomic E-state index is 12.3. The molecule has 2 N–H and O–H groups in total. The molecule has 0 aliphatic rings. The molecule has 0 spiro atoms. The summed E-state index contributed by atoms with van der Waals surface area (Å²) in [5, 5.41) is 7.01. The molecule has 0 saturated heterocycles. The van der Waals surface area contributed by atoms with Gasteiger partial charge in [0.25, 0.3) is 10.0 Å². The third-order valence-electron chi connectivity index (χ3n) is 2.78. The van der Waals surface area contributed by atoms with Gasteiger partial charge in [0, 0.05) is 11.4 Å². The van der Waals surface area contributed by atoms with Crippen LogP contribution in [0, 0.1) is 0 Å². The van der Waals surface area contributed by atoms with Crippen LogP contribution in [0.15, 0.2) is 33.2 Å². The Kier molecular flexibility index (Phi) is 5.34. The van der Waals surface area contributed by atoms with Crippen molar-refractivity contribution < 1.29 is 8.42 Å². The van der Waals surface area contributed by atoms with Gasteiger partial charge in [0.1, 0.15) is 4.21 Å². The fraction of sp³-hybridized carbons (Fsp3) is 0.385. The Balaban J connectivity index is 2.08. The Morgan fingerprint density at radius 3 is 2.80 bits per heavy atom. The van der Waals surface area contributed by atoms with Gasteiger partial charge in [-0.2, -0.15) is 0 Å². The van der Waals surface area contributed by atoms with Crippen molar-refractivity contribution in [1.29, 1.82) is 0 Å². The second-order valence-electron chi connectivity index (χ2n) is 4.41. The maximum atomic E-state index is 12.3. The summed E-state index contributed by atoms with van der Waals surface area (Å²) in [6, 6.07) is 5.38. The van der Waals surface area contributed by atoms with Crippen LogP contribution in [0.2, 0.25) is 0 Å². The second kappa shape index (κ2) is 6.82. The third kappa shape index (κ3) is 3.89. The minimum atomic E-state index is -3.44. The molecule has 1 unspecified atom stereocenters. The van der Waals surface area contributed by atoms with Crippen LogP contribution in [-0.2, 0) is 16.6 Å². The molecule has 0 aromatic carbocycles. The minimum absolute atomic E-state index is 0.209. The summed E-state index contributed by atoms with van der Waals surface area (Å²) in [7, 11) is -3.44. The number of rotatable bonds is 7. The van der Waals surface area contributed by atoms with E-state index >= 15 is 0 Å². The molecule has 0 saturated carbocycles. The molecule has 2 rings (SSSR count). The molecule has 2 aromatic heterocycles. The molecule has 7 heteroatoms. The highest BCUT2D eigenvalue weighted by molar-refractivity contribution is 7.91. The molecule has 0 aliphatic heterocycles. The average Bonchev–Trinajstić information content (AvgIpc) is 3.07. The van der Waals surface area contributed by atoms with Crippen LogP contribution in [0.25, 0.3) is 0 Å². The number of hydrogen-bond donors (Lipinski definition) is 2. The number of nitrogens with one attached hydrogen (secondary N) is 2. The largest absolute Gasteiger partial charge is 0.313 e. The SMILES string of the molecule is CCNCc1csc(S(=O)(=O)NC(C)c2cccs2)c1. The number of sulfonamides is 1. The summed E-state index contributed by atoms with van der Waals surface area (Å²) in [5.41, 5.74) is 1.00. The van der Waals surface area contributed by atoms with E-state index < -0.39 is 10.0 Å². The summed E-state index contributed by atoms with van der Waals surface area (Å²) in [6.07, 6.45) is 0. The minimum Gasteiger partial charge on any atom is -0.313 e. The molecular formula is C13H18N2O2S3. The smallest absolute Gasteiger partial charge is 0.250 e. The van der Waals surface area contributed by atoms with Gasteiger partial charge in [-0.25, -0.2) is 13.1 Å². The summed E-state index contributed by atoms with van der Waals surface area (Å²) < 4.78 is 27.7. The normalized spacial score (nSPS) is 13.5. The second-order valence-corrected chi connectivity index (χ2v) is 8.24. The van der Waals surface area contributed by atoms with Crippen LogP contribution >= 0.6 is 22.7 Å². The molecule has 0 fully saturated rings. The van der Waals surface area contributed by atoms with E-state index in [2.05, 4.69) is 10.0 Å². The Bertz CT molecular complexity index is 632. The summed E-state index contributed by atoms with van der Waals surface area (Å²) in [6.45, 7) is 5.44. The van der Waals surface area contributed by atoms with Crippen LogP contribution in [-0.4, -0.2) is 15.0 Å². The lowest BCUT2D eigenvalue weighted by Gasteiger charge is -2.11. The molecule has 20 heavy (non-hydrogen) atoms. The maximum Gasteiger partial charge on any atom is 0.250 e. The van der Waals surface area contributed by atoms with Crippen molar-refractivity contribution in [2.24, 2.45) is 0 Å². The van der Waals surface area contributed by atoms with Gasteiger partial charge < -0.3 is 5.32 Å². The molecule has 0 radical (unpaired) electrons. The van der Waals surface area contributed by atoms with E-state index in [1.807, 2.05) is 36.7 Å². The first kappa shape index (κ1) is 15.7. The first-order valence-electron chi connectivity index (χ1n) is 6.37. The van der Waals surface area contributed by atoms with Crippen molar-refractivity contribution in [2.45, 2.75) is 30.6 Å². The fourth-order valence-electron chi connectivity index (χ4n) is 1.74. The molecule has 0 bridgehead atoms. The molecule has 0 amide bonds. The van der Waals surface area contributed by atoms with E-state index in [9.17, 15) is 8.42 Å². The van der Waals surface area contributed by atoms with E-state index in [0.717, 1.165) is 17.0 Å². The van der Waals surface area contributed by atoms with Crippen LogP contribution in [0.5, 0.6) is 0 Å². The summed E-state index contributed by atoms with van der Waals surface area (Å²) in [5.74, 6) is 0. The zero-order valence-corrected chi connectivity index (χ0v) is 13.9. The van der Waals surface area contributed by atoms with E-state index in [-0.39, 0.29) is 6.04 Å². The van der Waals surface area contributed by atoms with Crippen LogP contribution in [0.4, 0.5) is 0 Å². The molecular weight excluding hydrogens is 312 g/mol. The highest BCUT2D eigenvalue weighted by Gasteiger charge is 2.20. The van der Waals surface area contributed by atoms with E-state index in [4.69, 9.17) is 0 Å². The van der Waals surface area contributed by atoms with Crippen molar-refractivity contribution in [3.05, 3.63) is 39.4 Å². The topological polar surface area (TPSA) is 58.2 Å². The average molecular weight is 330 g/mol. The highest BCUT2D eigenvalue weighted by atomic mass is 32.2. The first-order valence-corrected chi connectivity index (χ1v) is 9.61. The van der Waals surface area contributed by atoms with Gasteiger partial charge in [0.05, 0.1) is 6.04 Å². The van der Waals surface area contributed by atoms with Gasteiger partial charge in [-0.15, -0.1) is 22.7 Å². The Morgan fingerprint density at radius 1 is 1.35 bits per heavy atom. The summed E-state index contributed by atoms with van der Waals surface area (Å²) in [4.78, 5) is 1.01. The quantitative estimate of drug-likeness (QED) is 0.820. The van der Waals surface area contributed by atoms with Gasteiger partial charge in [0.2, 0.25) is 0 Å². The monoisotopic (exact) mass is 330 g/mol. The summed E-state index contributed by atoms with van der Waals surface area (Å²) >= 11 is 2.81. The molecule has 4 nitrogen and oxygen atoms in total. The Labute approximate surface area is 127 Å². The highest BCUT2D eigenvalue weighted by Crippen LogP contribution is 2.24. The zero-order valence-electron chi connectivity index (χ0n) is 11.4. The lowest BCUT2D eigenvalue weighted by molar-refractivity contribution is 0.570. The third-order valence-corrected chi connectivity index (χ3v) is 6.86. The Morgan fingerprint density at radius 2 is 2.15 bits per heavy atom. The Hall–Kier alpha value is -0.730. The number of thiophene rings is 2. The predicted molar refractivity (Wildman–Crippen MR) is 84.8 cm³/mol. The van der Waals surface area contributed by atoms with Crippen molar-refractivity contribution >= 4 is 32.7 Å². The predicted octanol–water partition coefficient (Wildman–Crippen LogP) is 2.96. The number of hydrogen-bond acceptors (Lipinski definition) is 5. The molecule has 2 heterocycles. The van der Waals surface area contributed by atoms with Crippen molar-refractivity contribution in [3.63, 3.8) is 0 Å². The fourth-order valence-corrected chi connectivity index (χ4v) is 5.00. The van der Waals surface area contributed by atoms with Gasteiger partial charge in [-0.3, -0.25) is 0 Å². The lowest BCUT2D eigenvalue weighted by Crippen LogP contribution is -2.25. The van der Waals surface area contributed by atoms with Gasteiger partial charge in [0.15, 0.2) is 0 Å². The molecule has 110 valence electrons. The van der Waals surface area contributed by atoms with E-state index in [0.29, 0.717) is 10.8 Å². The van der Waals surface area contributed by atoms with Crippen molar-refractivity contribution in [1.82, 2.24) is 10.0 Å². The standard InChI is InChI=1S/C13H18N2O2S3/c1-3-14-8-11-7-13(19-9-11)20(16,17)15-10(2)12-5-4-6-18-12/h4-7,9-10,14-15H,3,8H2,1-2H3. The van der Waals surface area contributed by atoms with Crippen LogP contribution in [0.3, 0.4) is 0 Å². The van der Waals surface area contributed by atoms with Crippen LogP contribution in [0.1, 0.15) is 30.3 Å².